The molecule has 0 saturated heterocycles. The lowest BCUT2D eigenvalue weighted by Crippen LogP contribution is -2.34. The minimum atomic E-state index is -0.946. The van der Waals surface area contributed by atoms with Gasteiger partial charge >= 0.3 is 11.9 Å². The molecule has 0 bridgehead atoms. The molecule has 0 aromatic rings. The van der Waals surface area contributed by atoms with Gasteiger partial charge in [-0.3, -0.25) is 9.59 Å². The van der Waals surface area contributed by atoms with Crippen molar-refractivity contribution < 1.29 is 19.4 Å². The highest BCUT2D eigenvalue weighted by Crippen LogP contribution is 2.34. The number of hydrogen-bond acceptors (Lipinski definition) is 3. The van der Waals surface area contributed by atoms with Crippen LogP contribution < -0.4 is 0 Å². The Bertz CT molecular complexity index is 225. The summed E-state index contributed by atoms with van der Waals surface area (Å²) < 4.78 is 4.70. The molecular weight excluding hydrogens is 196 g/mol. The number of carbonyl (C=O) groups is 2. The number of carbonyl (C=O) groups excluding carboxylic acids is 1. The highest BCUT2D eigenvalue weighted by atomic mass is 16.5. The summed E-state index contributed by atoms with van der Waals surface area (Å²) in [6, 6.07) is 0. The van der Waals surface area contributed by atoms with Crippen molar-refractivity contribution in [1.82, 2.24) is 0 Å². The van der Waals surface area contributed by atoms with E-state index in [4.69, 9.17) is 9.84 Å². The monoisotopic (exact) mass is 216 g/mol. The number of esters is 1. The van der Waals surface area contributed by atoms with Crippen LogP contribution in [0.1, 0.15) is 46.0 Å². The van der Waals surface area contributed by atoms with E-state index in [2.05, 4.69) is 0 Å². The largest absolute Gasteiger partial charge is 0.481 e. The predicted octanol–water partition coefficient (Wildman–Crippen LogP) is 2.22. The van der Waals surface area contributed by atoms with Crippen molar-refractivity contribution in [1.29, 1.82) is 0 Å². The summed E-state index contributed by atoms with van der Waals surface area (Å²) in [6.45, 7) is 3.84. The van der Waals surface area contributed by atoms with Crippen LogP contribution in [0, 0.1) is 5.41 Å². The summed E-state index contributed by atoms with van der Waals surface area (Å²) in [4.78, 5) is 22.4. The van der Waals surface area contributed by atoms with Crippen molar-refractivity contribution in [2.24, 2.45) is 5.41 Å². The van der Waals surface area contributed by atoms with Crippen LogP contribution in [-0.4, -0.2) is 24.2 Å². The van der Waals surface area contributed by atoms with Gasteiger partial charge in [-0.2, -0.15) is 0 Å². The Morgan fingerprint density at radius 3 is 2.27 bits per heavy atom. The summed E-state index contributed by atoms with van der Waals surface area (Å²) in [7, 11) is 1.31. The Labute approximate surface area is 90.6 Å². The average Bonchev–Trinajstić information content (AvgIpc) is 2.22. The topological polar surface area (TPSA) is 63.6 Å². The molecule has 0 aliphatic carbocycles. The molecule has 0 spiro atoms. The number of unbranched alkanes of at least 4 members (excludes halogenated alkanes) is 1. The predicted molar refractivity (Wildman–Crippen MR) is 56.5 cm³/mol. The van der Waals surface area contributed by atoms with E-state index in [0.717, 1.165) is 12.8 Å². The number of carboxylic acids is 1. The first-order valence-electron chi connectivity index (χ1n) is 5.32. The molecule has 0 aliphatic heterocycles. The van der Waals surface area contributed by atoms with Gasteiger partial charge in [-0.25, -0.2) is 0 Å². The van der Waals surface area contributed by atoms with Gasteiger partial charge in [0.25, 0.3) is 0 Å². The maximum Gasteiger partial charge on any atom is 0.312 e. The van der Waals surface area contributed by atoms with E-state index in [1.165, 1.54) is 7.11 Å². The summed E-state index contributed by atoms with van der Waals surface area (Å²) >= 11 is 0. The zero-order chi connectivity index (χ0) is 11.9. The lowest BCUT2D eigenvalue weighted by molar-refractivity contribution is -0.159. The Morgan fingerprint density at radius 2 is 1.93 bits per heavy atom. The molecule has 1 unspecified atom stereocenters. The van der Waals surface area contributed by atoms with Gasteiger partial charge in [-0.1, -0.05) is 26.7 Å². The van der Waals surface area contributed by atoms with Gasteiger partial charge in [0, 0.05) is 0 Å². The van der Waals surface area contributed by atoms with Gasteiger partial charge in [0.05, 0.1) is 18.9 Å². The Balaban J connectivity index is 4.74. The van der Waals surface area contributed by atoms with E-state index in [0.29, 0.717) is 12.8 Å². The van der Waals surface area contributed by atoms with E-state index in [1.54, 1.807) is 0 Å². The summed E-state index contributed by atoms with van der Waals surface area (Å²) in [5.41, 5.74) is -0.837. The first kappa shape index (κ1) is 13.9. The van der Waals surface area contributed by atoms with Gasteiger partial charge in [0.1, 0.15) is 0 Å². The van der Waals surface area contributed by atoms with Crippen molar-refractivity contribution in [3.05, 3.63) is 0 Å². The van der Waals surface area contributed by atoms with Gasteiger partial charge < -0.3 is 9.84 Å². The Hall–Kier alpha value is -1.06. The third kappa shape index (κ3) is 3.90. The van der Waals surface area contributed by atoms with E-state index in [9.17, 15) is 9.59 Å². The van der Waals surface area contributed by atoms with Crippen LogP contribution in [0.15, 0.2) is 0 Å². The molecule has 0 amide bonds. The molecule has 88 valence electrons. The molecule has 0 aromatic carbocycles. The van der Waals surface area contributed by atoms with Crippen molar-refractivity contribution >= 4 is 11.9 Å². The molecule has 0 aliphatic rings. The zero-order valence-electron chi connectivity index (χ0n) is 9.71. The summed E-state index contributed by atoms with van der Waals surface area (Å²) in [5, 5.41) is 8.82. The second-order valence-corrected chi connectivity index (χ2v) is 3.80. The Morgan fingerprint density at radius 1 is 1.33 bits per heavy atom. The fourth-order valence-corrected chi connectivity index (χ4v) is 1.73. The molecule has 1 N–H and O–H groups in total. The fraction of sp³-hybridized carbons (Fsp3) is 0.818. The molecular formula is C11H20O4. The second kappa shape index (κ2) is 6.43. The number of hydrogen-bond donors (Lipinski definition) is 1. The lowest BCUT2D eigenvalue weighted by Gasteiger charge is -2.27. The van der Waals surface area contributed by atoms with Crippen LogP contribution >= 0.6 is 0 Å². The standard InChI is InChI=1S/C11H20O4/c1-4-6-7-11(5-2,8-9(12)13)10(14)15-3/h4-8H2,1-3H3,(H,12,13). The molecule has 1 atom stereocenters. The van der Waals surface area contributed by atoms with Gasteiger partial charge in [-0.15, -0.1) is 0 Å². The second-order valence-electron chi connectivity index (χ2n) is 3.80. The molecule has 0 saturated carbocycles. The third-order valence-electron chi connectivity index (χ3n) is 2.79. The highest BCUT2D eigenvalue weighted by Gasteiger charge is 2.39. The van der Waals surface area contributed by atoms with Gasteiger partial charge in [-0.05, 0) is 12.8 Å². The number of carboxylic acid groups (broad SMARTS) is 1. The van der Waals surface area contributed by atoms with Crippen LogP contribution in [0.5, 0.6) is 0 Å². The van der Waals surface area contributed by atoms with Crippen LogP contribution in [0.2, 0.25) is 0 Å². The molecule has 4 heteroatoms. The van der Waals surface area contributed by atoms with Crippen LogP contribution in [0.25, 0.3) is 0 Å². The number of rotatable bonds is 7. The quantitative estimate of drug-likeness (QED) is 0.663. The molecule has 15 heavy (non-hydrogen) atoms. The smallest absolute Gasteiger partial charge is 0.312 e. The fourth-order valence-electron chi connectivity index (χ4n) is 1.73. The van der Waals surface area contributed by atoms with Crippen LogP contribution in [0.4, 0.5) is 0 Å². The third-order valence-corrected chi connectivity index (χ3v) is 2.79. The number of ether oxygens (including phenoxy) is 1. The number of methoxy groups -OCH3 is 1. The minimum absolute atomic E-state index is 0.143. The molecule has 0 radical (unpaired) electrons. The lowest BCUT2D eigenvalue weighted by atomic mass is 9.77. The molecule has 0 fully saturated rings. The van der Waals surface area contributed by atoms with E-state index >= 15 is 0 Å². The van der Waals surface area contributed by atoms with Crippen molar-refractivity contribution in [3.8, 4) is 0 Å². The van der Waals surface area contributed by atoms with Gasteiger partial charge in [0.2, 0.25) is 0 Å². The molecule has 0 heterocycles. The van der Waals surface area contributed by atoms with Crippen molar-refractivity contribution in [2.75, 3.05) is 7.11 Å². The molecule has 4 nitrogen and oxygen atoms in total. The molecule has 0 rings (SSSR count). The van der Waals surface area contributed by atoms with Crippen LogP contribution in [0.3, 0.4) is 0 Å². The average molecular weight is 216 g/mol. The normalized spacial score (nSPS) is 14.3. The SMILES string of the molecule is CCCCC(CC)(CC(=O)O)C(=O)OC. The first-order valence-corrected chi connectivity index (χ1v) is 5.32. The zero-order valence-corrected chi connectivity index (χ0v) is 9.71. The summed E-state index contributed by atoms with van der Waals surface area (Å²) in [5.74, 6) is -1.35. The van der Waals surface area contributed by atoms with Crippen molar-refractivity contribution in [2.45, 2.75) is 46.0 Å². The van der Waals surface area contributed by atoms with E-state index in [-0.39, 0.29) is 6.42 Å². The van der Waals surface area contributed by atoms with E-state index < -0.39 is 17.4 Å². The molecule has 0 aromatic heterocycles. The Kier molecular flexibility index (Phi) is 5.97. The maximum atomic E-state index is 11.6. The minimum Gasteiger partial charge on any atom is -0.481 e. The maximum absolute atomic E-state index is 11.6. The van der Waals surface area contributed by atoms with E-state index in [1.807, 2.05) is 13.8 Å². The number of aliphatic carboxylic acids is 1. The highest BCUT2D eigenvalue weighted by molar-refractivity contribution is 5.82. The van der Waals surface area contributed by atoms with Crippen molar-refractivity contribution in [3.63, 3.8) is 0 Å². The van der Waals surface area contributed by atoms with Gasteiger partial charge in [0.15, 0.2) is 0 Å². The summed E-state index contributed by atoms with van der Waals surface area (Å²) in [6.07, 6.45) is 2.73. The first-order chi connectivity index (χ1) is 7.02. The van der Waals surface area contributed by atoms with Crippen LogP contribution in [-0.2, 0) is 14.3 Å².